The first-order chi connectivity index (χ1) is 7.13. The summed E-state index contributed by atoms with van der Waals surface area (Å²) in [5.74, 6) is 0.496. The van der Waals surface area contributed by atoms with Gasteiger partial charge in [-0.25, -0.2) is 9.97 Å². The molecule has 82 valence electrons. The van der Waals surface area contributed by atoms with Gasteiger partial charge in [-0.1, -0.05) is 0 Å². The average Bonchev–Trinajstić information content (AvgIpc) is 2.18. The normalized spacial score (nSPS) is 9.80. The van der Waals surface area contributed by atoms with Crippen molar-refractivity contribution in [3.63, 3.8) is 0 Å². The Morgan fingerprint density at radius 2 is 2.13 bits per heavy atom. The number of nitrogens with zero attached hydrogens (tertiary/aromatic N) is 3. The minimum atomic E-state index is -0.0356. The molecule has 0 spiro atoms. The molecule has 0 aliphatic carbocycles. The maximum atomic E-state index is 11.3. The lowest BCUT2D eigenvalue weighted by Crippen LogP contribution is -2.35. The molecule has 0 saturated carbocycles. The molecule has 0 saturated heterocycles. The molecular weight excluding hydrogens is 260 g/mol. The number of nitrogens with one attached hydrogen (secondary N) is 1. The first-order valence-electron chi connectivity index (χ1n) is 4.59. The Hall–Kier alpha value is -1.17. The number of anilines is 1. The lowest BCUT2D eigenvalue weighted by atomic mass is 10.5. The van der Waals surface area contributed by atoms with Crippen LogP contribution in [0.3, 0.4) is 0 Å². The minimum Gasteiger partial charge on any atom is -0.355 e. The van der Waals surface area contributed by atoms with Gasteiger partial charge in [0.15, 0.2) is 0 Å². The van der Waals surface area contributed by atoms with Crippen LogP contribution in [0.5, 0.6) is 0 Å². The largest absolute Gasteiger partial charge is 0.355 e. The molecular formula is C9H13BrN4O. The van der Waals surface area contributed by atoms with Crippen molar-refractivity contribution in [2.24, 2.45) is 0 Å². The number of halogens is 1. The molecule has 1 heterocycles. The maximum Gasteiger partial charge on any atom is 0.239 e. The van der Waals surface area contributed by atoms with Crippen LogP contribution in [0.1, 0.15) is 6.92 Å². The minimum absolute atomic E-state index is 0.0356. The van der Waals surface area contributed by atoms with Crippen molar-refractivity contribution in [3.05, 3.63) is 16.9 Å². The number of rotatable bonds is 4. The summed E-state index contributed by atoms with van der Waals surface area (Å²) in [6.45, 7) is 2.78. The van der Waals surface area contributed by atoms with Gasteiger partial charge in [-0.3, -0.25) is 4.79 Å². The predicted molar refractivity (Wildman–Crippen MR) is 61.7 cm³/mol. The Bertz CT molecular complexity index is 327. The first-order valence-corrected chi connectivity index (χ1v) is 5.38. The van der Waals surface area contributed by atoms with Crippen molar-refractivity contribution in [1.82, 2.24) is 15.3 Å². The van der Waals surface area contributed by atoms with Crippen LogP contribution in [0.2, 0.25) is 0 Å². The Morgan fingerprint density at radius 3 is 2.67 bits per heavy atom. The predicted octanol–water partition coefficient (Wildman–Crippen LogP) is 0.811. The quantitative estimate of drug-likeness (QED) is 0.882. The zero-order chi connectivity index (χ0) is 11.3. The number of carbonyl (C=O) groups excluding carboxylic acids is 1. The molecule has 0 aliphatic rings. The van der Waals surface area contributed by atoms with Crippen LogP contribution >= 0.6 is 15.9 Å². The number of carbonyl (C=O) groups is 1. The van der Waals surface area contributed by atoms with Crippen molar-refractivity contribution in [1.29, 1.82) is 0 Å². The van der Waals surface area contributed by atoms with Crippen LogP contribution in [0.25, 0.3) is 0 Å². The molecule has 0 unspecified atom stereocenters. The maximum absolute atomic E-state index is 11.3. The summed E-state index contributed by atoms with van der Waals surface area (Å²) in [6.07, 6.45) is 3.30. The second kappa shape index (κ2) is 5.65. The van der Waals surface area contributed by atoms with E-state index >= 15 is 0 Å². The van der Waals surface area contributed by atoms with Crippen molar-refractivity contribution < 1.29 is 4.79 Å². The third-order valence-corrected chi connectivity index (χ3v) is 2.11. The fraction of sp³-hybridized carbons (Fsp3) is 0.444. The highest BCUT2D eigenvalue weighted by atomic mass is 79.9. The lowest BCUT2D eigenvalue weighted by Gasteiger charge is -2.15. The smallest absolute Gasteiger partial charge is 0.239 e. The SMILES string of the molecule is CCNC(=O)CN(C)c1ncc(Br)cn1. The van der Waals surface area contributed by atoms with E-state index < -0.39 is 0 Å². The van der Waals surface area contributed by atoms with Gasteiger partial charge in [0, 0.05) is 26.0 Å². The summed E-state index contributed by atoms with van der Waals surface area (Å²) in [5.41, 5.74) is 0. The molecule has 1 aromatic heterocycles. The number of aromatic nitrogens is 2. The van der Waals surface area contributed by atoms with Gasteiger partial charge in [0.25, 0.3) is 0 Å². The first kappa shape index (κ1) is 11.9. The summed E-state index contributed by atoms with van der Waals surface area (Å²) in [6, 6.07) is 0. The second-order valence-corrected chi connectivity index (χ2v) is 3.93. The van der Waals surface area contributed by atoms with E-state index in [0.717, 1.165) is 4.47 Å². The van der Waals surface area contributed by atoms with Crippen LogP contribution < -0.4 is 10.2 Å². The van der Waals surface area contributed by atoms with Crippen molar-refractivity contribution in [3.8, 4) is 0 Å². The molecule has 0 aliphatic heterocycles. The van der Waals surface area contributed by atoms with Gasteiger partial charge >= 0.3 is 0 Å². The zero-order valence-electron chi connectivity index (χ0n) is 8.70. The number of hydrogen-bond acceptors (Lipinski definition) is 4. The Labute approximate surface area is 97.0 Å². The van der Waals surface area contributed by atoms with Crippen molar-refractivity contribution in [2.45, 2.75) is 6.92 Å². The second-order valence-electron chi connectivity index (χ2n) is 3.01. The van der Waals surface area contributed by atoms with E-state index in [1.54, 1.807) is 24.3 Å². The number of amides is 1. The van der Waals surface area contributed by atoms with Crippen LogP contribution in [0, 0.1) is 0 Å². The number of hydrogen-bond donors (Lipinski definition) is 1. The highest BCUT2D eigenvalue weighted by Crippen LogP contribution is 2.09. The molecule has 1 N–H and O–H groups in total. The highest BCUT2D eigenvalue weighted by Gasteiger charge is 2.08. The topological polar surface area (TPSA) is 58.1 Å². The van der Waals surface area contributed by atoms with E-state index in [2.05, 4.69) is 31.2 Å². The molecule has 15 heavy (non-hydrogen) atoms. The molecule has 1 rings (SSSR count). The van der Waals surface area contributed by atoms with Crippen LogP contribution in [-0.4, -0.2) is 36.0 Å². The van der Waals surface area contributed by atoms with Gasteiger partial charge in [0.2, 0.25) is 11.9 Å². The van der Waals surface area contributed by atoms with Gasteiger partial charge in [-0.15, -0.1) is 0 Å². The fourth-order valence-corrected chi connectivity index (χ4v) is 1.25. The third kappa shape index (κ3) is 3.83. The third-order valence-electron chi connectivity index (χ3n) is 1.70. The standard InChI is InChI=1S/C9H13BrN4O/c1-3-11-8(15)6-14(2)9-12-4-7(10)5-13-9/h4-5H,3,6H2,1-2H3,(H,11,15). The number of likely N-dealkylation sites (N-methyl/N-ethyl adjacent to an activating group) is 2. The summed E-state index contributed by atoms with van der Waals surface area (Å²) in [7, 11) is 1.78. The van der Waals surface area contributed by atoms with Gasteiger partial charge in [0.05, 0.1) is 11.0 Å². The van der Waals surface area contributed by atoms with E-state index in [4.69, 9.17) is 0 Å². The van der Waals surface area contributed by atoms with Crippen molar-refractivity contribution >= 4 is 27.8 Å². The molecule has 0 aromatic carbocycles. The van der Waals surface area contributed by atoms with Crippen LogP contribution in [0.4, 0.5) is 5.95 Å². The molecule has 5 nitrogen and oxygen atoms in total. The molecule has 6 heteroatoms. The van der Waals surface area contributed by atoms with Gasteiger partial charge in [-0.2, -0.15) is 0 Å². The zero-order valence-corrected chi connectivity index (χ0v) is 10.3. The summed E-state index contributed by atoms with van der Waals surface area (Å²) >= 11 is 3.25. The molecule has 0 bridgehead atoms. The molecule has 0 radical (unpaired) electrons. The Morgan fingerprint density at radius 1 is 1.53 bits per heavy atom. The summed E-state index contributed by atoms with van der Waals surface area (Å²) < 4.78 is 0.817. The molecule has 0 fully saturated rings. The summed E-state index contributed by atoms with van der Waals surface area (Å²) in [4.78, 5) is 21.1. The fourth-order valence-electron chi connectivity index (χ4n) is 1.04. The highest BCUT2D eigenvalue weighted by molar-refractivity contribution is 9.10. The lowest BCUT2D eigenvalue weighted by molar-refractivity contribution is -0.119. The van der Waals surface area contributed by atoms with Crippen LogP contribution in [0.15, 0.2) is 16.9 Å². The Balaban J connectivity index is 2.57. The van der Waals surface area contributed by atoms with Crippen LogP contribution in [-0.2, 0) is 4.79 Å². The van der Waals surface area contributed by atoms with E-state index in [9.17, 15) is 4.79 Å². The van der Waals surface area contributed by atoms with Gasteiger partial charge in [0.1, 0.15) is 0 Å². The van der Waals surface area contributed by atoms with Gasteiger partial charge < -0.3 is 10.2 Å². The summed E-state index contributed by atoms with van der Waals surface area (Å²) in [5, 5.41) is 2.71. The molecule has 1 amide bonds. The van der Waals surface area contributed by atoms with E-state index in [1.165, 1.54) is 0 Å². The average molecular weight is 273 g/mol. The molecule has 1 aromatic rings. The van der Waals surface area contributed by atoms with Gasteiger partial charge in [-0.05, 0) is 22.9 Å². The van der Waals surface area contributed by atoms with E-state index in [-0.39, 0.29) is 12.5 Å². The monoisotopic (exact) mass is 272 g/mol. The van der Waals surface area contributed by atoms with E-state index in [1.807, 2.05) is 6.92 Å². The van der Waals surface area contributed by atoms with Crippen molar-refractivity contribution in [2.75, 3.05) is 25.0 Å². The van der Waals surface area contributed by atoms with E-state index in [0.29, 0.717) is 12.5 Å². The Kier molecular flexibility index (Phi) is 4.48. The molecule has 0 atom stereocenters.